The molecule has 2 atom stereocenters. The molecule has 0 radical (unpaired) electrons. The zero-order valence-corrected chi connectivity index (χ0v) is 15.6. The Kier molecular flexibility index (Phi) is 5.28. The number of nitrogens with one attached hydrogen (secondary N) is 2. The molecule has 2 aliphatic rings. The molecule has 0 spiro atoms. The molecule has 2 aromatic carbocycles. The number of fused-ring (bicyclic) bond motifs is 2. The first-order valence-electron chi connectivity index (χ1n) is 9.81. The number of halogens is 1. The van der Waals surface area contributed by atoms with Crippen LogP contribution < -0.4 is 10.6 Å². The number of piperidine rings is 2. The second-order valence-electron chi connectivity index (χ2n) is 7.59. The lowest BCUT2D eigenvalue weighted by molar-refractivity contribution is 0.0577. The van der Waals surface area contributed by atoms with Crippen LogP contribution in [0.2, 0.25) is 0 Å². The van der Waals surface area contributed by atoms with E-state index in [2.05, 4.69) is 10.6 Å². The van der Waals surface area contributed by atoms with Crippen LogP contribution in [0.4, 0.5) is 14.9 Å². The van der Waals surface area contributed by atoms with E-state index in [4.69, 9.17) is 0 Å². The van der Waals surface area contributed by atoms with Crippen molar-refractivity contribution in [1.29, 1.82) is 0 Å². The van der Waals surface area contributed by atoms with E-state index in [9.17, 15) is 14.0 Å². The minimum atomic E-state index is -0.420. The van der Waals surface area contributed by atoms with Gasteiger partial charge in [-0.3, -0.25) is 4.79 Å². The Morgan fingerprint density at radius 2 is 1.68 bits per heavy atom. The number of urea groups is 1. The van der Waals surface area contributed by atoms with Gasteiger partial charge in [0.2, 0.25) is 0 Å². The van der Waals surface area contributed by atoms with Crippen LogP contribution in [0.15, 0.2) is 54.6 Å². The molecule has 2 aliphatic heterocycles. The molecule has 6 heteroatoms. The monoisotopic (exact) mass is 381 g/mol. The molecular weight excluding hydrogens is 357 g/mol. The third-order valence-electron chi connectivity index (χ3n) is 5.66. The number of amides is 3. The number of para-hydroxylation sites is 1. The number of rotatable bonds is 3. The van der Waals surface area contributed by atoms with Crippen molar-refractivity contribution in [2.75, 3.05) is 5.32 Å². The zero-order chi connectivity index (χ0) is 19.5. The summed E-state index contributed by atoms with van der Waals surface area (Å²) in [4.78, 5) is 27.3. The van der Waals surface area contributed by atoms with Gasteiger partial charge in [-0.2, -0.15) is 0 Å². The fraction of sp³-hybridized carbons (Fsp3) is 0.364. The van der Waals surface area contributed by atoms with E-state index in [0.29, 0.717) is 5.56 Å². The summed E-state index contributed by atoms with van der Waals surface area (Å²) < 4.78 is 13.4. The van der Waals surface area contributed by atoms with Crippen molar-refractivity contribution in [2.45, 2.75) is 50.2 Å². The first-order valence-corrected chi connectivity index (χ1v) is 9.81. The minimum Gasteiger partial charge on any atom is -0.349 e. The molecule has 146 valence electrons. The average molecular weight is 381 g/mol. The third kappa shape index (κ3) is 4.01. The quantitative estimate of drug-likeness (QED) is 0.838. The van der Waals surface area contributed by atoms with E-state index >= 15 is 0 Å². The van der Waals surface area contributed by atoms with Crippen molar-refractivity contribution in [3.05, 3.63) is 66.0 Å². The first kappa shape index (κ1) is 18.5. The van der Waals surface area contributed by atoms with Gasteiger partial charge in [0.05, 0.1) is 0 Å². The highest BCUT2D eigenvalue weighted by Crippen LogP contribution is 2.34. The predicted octanol–water partition coefficient (Wildman–Crippen LogP) is 4.17. The molecule has 2 aromatic rings. The van der Waals surface area contributed by atoms with Gasteiger partial charge in [-0.05, 0) is 62.4 Å². The summed E-state index contributed by atoms with van der Waals surface area (Å²) in [7, 11) is 0. The van der Waals surface area contributed by atoms with Gasteiger partial charge in [0, 0.05) is 29.4 Å². The molecule has 2 bridgehead atoms. The van der Waals surface area contributed by atoms with Gasteiger partial charge in [-0.1, -0.05) is 24.3 Å². The smallest absolute Gasteiger partial charge is 0.322 e. The maximum Gasteiger partial charge on any atom is 0.322 e. The number of nitrogens with zero attached hydrogens (tertiary/aromatic N) is 1. The van der Waals surface area contributed by atoms with E-state index < -0.39 is 5.82 Å². The summed E-state index contributed by atoms with van der Waals surface area (Å²) in [6.45, 7) is 0. The largest absolute Gasteiger partial charge is 0.349 e. The summed E-state index contributed by atoms with van der Waals surface area (Å²) in [5, 5.41) is 6.02. The molecule has 0 saturated carbocycles. The molecule has 28 heavy (non-hydrogen) atoms. The Morgan fingerprint density at radius 1 is 0.964 bits per heavy atom. The standard InChI is InChI=1S/C22H24FN3O2/c23-16-7-4-6-15(12-16)21(27)24-18-13-19-10-5-11-20(14-18)26(19)22(28)25-17-8-2-1-3-9-17/h1-4,6-9,12,18-20H,5,10-11,13-14H2,(H,24,27)(H,25,28). The fourth-order valence-electron chi connectivity index (χ4n) is 4.44. The van der Waals surface area contributed by atoms with Crippen LogP contribution in [-0.4, -0.2) is 35.0 Å². The molecule has 3 amide bonds. The van der Waals surface area contributed by atoms with Gasteiger partial charge in [-0.25, -0.2) is 9.18 Å². The Morgan fingerprint density at radius 3 is 2.36 bits per heavy atom. The highest BCUT2D eigenvalue weighted by Gasteiger charge is 2.41. The van der Waals surface area contributed by atoms with Crippen molar-refractivity contribution in [1.82, 2.24) is 10.2 Å². The highest BCUT2D eigenvalue weighted by atomic mass is 19.1. The molecule has 0 aliphatic carbocycles. The first-order chi connectivity index (χ1) is 13.6. The van der Waals surface area contributed by atoms with E-state index in [1.54, 1.807) is 6.07 Å². The van der Waals surface area contributed by atoms with Gasteiger partial charge in [-0.15, -0.1) is 0 Å². The summed E-state index contributed by atoms with van der Waals surface area (Å²) in [5.74, 6) is -0.679. The van der Waals surface area contributed by atoms with Crippen molar-refractivity contribution in [3.8, 4) is 0 Å². The highest BCUT2D eigenvalue weighted by molar-refractivity contribution is 5.94. The topological polar surface area (TPSA) is 61.4 Å². The summed E-state index contributed by atoms with van der Waals surface area (Å²) in [6.07, 6.45) is 4.41. The molecule has 2 unspecified atom stereocenters. The summed E-state index contributed by atoms with van der Waals surface area (Å²) in [6, 6.07) is 15.3. The number of carbonyl (C=O) groups is 2. The van der Waals surface area contributed by atoms with E-state index in [1.165, 1.54) is 18.2 Å². The Bertz CT molecular complexity index is 844. The Labute approximate surface area is 163 Å². The summed E-state index contributed by atoms with van der Waals surface area (Å²) >= 11 is 0. The third-order valence-corrected chi connectivity index (χ3v) is 5.66. The Hall–Kier alpha value is -2.89. The second kappa shape index (κ2) is 8.00. The minimum absolute atomic E-state index is 0.00755. The lowest BCUT2D eigenvalue weighted by Gasteiger charge is -2.48. The molecule has 5 nitrogen and oxygen atoms in total. The lowest BCUT2D eigenvalue weighted by Crippen LogP contribution is -2.59. The predicted molar refractivity (Wildman–Crippen MR) is 106 cm³/mol. The Balaban J connectivity index is 1.42. The molecule has 4 rings (SSSR count). The van der Waals surface area contributed by atoms with Crippen molar-refractivity contribution in [3.63, 3.8) is 0 Å². The molecule has 2 N–H and O–H groups in total. The van der Waals surface area contributed by atoms with E-state index in [-0.39, 0.29) is 30.1 Å². The van der Waals surface area contributed by atoms with Gasteiger partial charge >= 0.3 is 6.03 Å². The second-order valence-corrected chi connectivity index (χ2v) is 7.59. The van der Waals surface area contributed by atoms with Crippen molar-refractivity contribution >= 4 is 17.6 Å². The normalized spacial score (nSPS) is 23.8. The van der Waals surface area contributed by atoms with E-state index in [1.807, 2.05) is 35.2 Å². The maximum absolute atomic E-state index is 13.4. The zero-order valence-electron chi connectivity index (χ0n) is 15.6. The number of hydrogen-bond acceptors (Lipinski definition) is 2. The fourth-order valence-corrected chi connectivity index (χ4v) is 4.44. The van der Waals surface area contributed by atoms with Crippen LogP contribution in [0.5, 0.6) is 0 Å². The molecule has 2 fully saturated rings. The molecular formula is C22H24FN3O2. The van der Waals surface area contributed by atoms with Crippen molar-refractivity contribution in [2.24, 2.45) is 0 Å². The van der Waals surface area contributed by atoms with Gasteiger partial charge in [0.1, 0.15) is 5.82 Å². The number of hydrogen-bond donors (Lipinski definition) is 2. The number of benzene rings is 2. The van der Waals surface area contributed by atoms with Crippen LogP contribution in [-0.2, 0) is 0 Å². The van der Waals surface area contributed by atoms with Crippen LogP contribution in [0, 0.1) is 5.82 Å². The van der Waals surface area contributed by atoms with Crippen LogP contribution >= 0.6 is 0 Å². The number of anilines is 1. The molecule has 2 heterocycles. The van der Waals surface area contributed by atoms with Crippen LogP contribution in [0.3, 0.4) is 0 Å². The van der Waals surface area contributed by atoms with Crippen LogP contribution in [0.25, 0.3) is 0 Å². The lowest BCUT2D eigenvalue weighted by atomic mass is 9.82. The van der Waals surface area contributed by atoms with E-state index in [0.717, 1.165) is 37.8 Å². The SMILES string of the molecule is O=C(NC1CC2CCCC(C1)N2C(=O)Nc1ccccc1)c1cccc(F)c1. The molecule has 2 saturated heterocycles. The van der Waals surface area contributed by atoms with Crippen molar-refractivity contribution < 1.29 is 14.0 Å². The number of carbonyl (C=O) groups excluding carboxylic acids is 2. The van der Waals surface area contributed by atoms with Gasteiger partial charge < -0.3 is 15.5 Å². The van der Waals surface area contributed by atoms with Gasteiger partial charge in [0.15, 0.2) is 0 Å². The van der Waals surface area contributed by atoms with Gasteiger partial charge in [0.25, 0.3) is 5.91 Å². The summed E-state index contributed by atoms with van der Waals surface area (Å²) in [5.41, 5.74) is 1.11. The van der Waals surface area contributed by atoms with Crippen LogP contribution in [0.1, 0.15) is 42.5 Å². The molecule has 0 aromatic heterocycles. The maximum atomic E-state index is 13.4. The average Bonchev–Trinajstić information content (AvgIpc) is 2.68.